The summed E-state index contributed by atoms with van der Waals surface area (Å²) in [4.78, 5) is 20.4. The second-order valence-electron chi connectivity index (χ2n) is 7.21. The monoisotopic (exact) mass is 377 g/mol. The van der Waals surface area contributed by atoms with Crippen molar-refractivity contribution in [1.82, 2.24) is 14.5 Å². The Bertz CT molecular complexity index is 1050. The topological polar surface area (TPSA) is 122 Å². The summed E-state index contributed by atoms with van der Waals surface area (Å²) in [5, 5.41) is 15.3. The van der Waals surface area contributed by atoms with E-state index < -0.39 is 5.91 Å². The predicted molar refractivity (Wildman–Crippen MR) is 110 cm³/mol. The first-order valence-electron chi connectivity index (χ1n) is 9.29. The number of primary amides is 1. The molecule has 0 radical (unpaired) electrons. The summed E-state index contributed by atoms with van der Waals surface area (Å²) in [6, 6.07) is 7.89. The number of amides is 1. The molecule has 2 heterocycles. The summed E-state index contributed by atoms with van der Waals surface area (Å²) < 4.78 is 2.02. The molecule has 3 aromatic rings. The van der Waals surface area contributed by atoms with Gasteiger partial charge in [0.2, 0.25) is 5.95 Å². The minimum atomic E-state index is -0.601. The van der Waals surface area contributed by atoms with E-state index in [-0.39, 0.29) is 5.56 Å². The Balaban J connectivity index is 1.58. The van der Waals surface area contributed by atoms with Crippen LogP contribution in [0.5, 0.6) is 0 Å². The summed E-state index contributed by atoms with van der Waals surface area (Å²) in [6.45, 7) is 0.389. The molecule has 1 aliphatic rings. The maximum absolute atomic E-state index is 11.8. The van der Waals surface area contributed by atoms with Crippen LogP contribution in [0.15, 0.2) is 36.7 Å². The number of carbonyl (C=O) groups is 1. The minimum Gasteiger partial charge on any atom is -0.365 e. The number of fused-ring (bicyclic) bond motifs is 1. The average molecular weight is 377 g/mol. The lowest BCUT2D eigenvalue weighted by Gasteiger charge is -2.13. The SMILES string of the molecule is Cn1ccc2c(Nc3nc(NCC(=N)CC4CC4)ncc3C(N)=O)cccc21. The highest BCUT2D eigenvalue weighted by Crippen LogP contribution is 2.32. The van der Waals surface area contributed by atoms with Crippen molar-refractivity contribution < 1.29 is 4.79 Å². The Morgan fingerprint density at radius 2 is 2.18 bits per heavy atom. The highest BCUT2D eigenvalue weighted by atomic mass is 16.1. The van der Waals surface area contributed by atoms with E-state index in [0.29, 0.717) is 29.9 Å². The van der Waals surface area contributed by atoms with Gasteiger partial charge >= 0.3 is 0 Å². The molecule has 28 heavy (non-hydrogen) atoms. The maximum atomic E-state index is 11.8. The third kappa shape index (κ3) is 3.80. The first-order valence-corrected chi connectivity index (χ1v) is 9.29. The minimum absolute atomic E-state index is 0.214. The van der Waals surface area contributed by atoms with Gasteiger partial charge in [-0.15, -0.1) is 0 Å². The quantitative estimate of drug-likeness (QED) is 0.450. The molecule has 8 nitrogen and oxygen atoms in total. The lowest BCUT2D eigenvalue weighted by Crippen LogP contribution is -2.18. The Morgan fingerprint density at radius 1 is 1.36 bits per heavy atom. The molecule has 1 saturated carbocycles. The Morgan fingerprint density at radius 3 is 2.93 bits per heavy atom. The summed E-state index contributed by atoms with van der Waals surface area (Å²) in [7, 11) is 1.98. The molecule has 4 rings (SSSR count). The van der Waals surface area contributed by atoms with E-state index in [2.05, 4.69) is 20.6 Å². The fraction of sp³-hybridized carbons (Fsp3) is 0.300. The van der Waals surface area contributed by atoms with Gasteiger partial charge < -0.3 is 26.3 Å². The Kier molecular flexibility index (Phi) is 4.68. The predicted octanol–water partition coefficient (Wildman–Crippen LogP) is 3.04. The smallest absolute Gasteiger partial charge is 0.254 e. The number of carbonyl (C=O) groups excluding carboxylic acids is 1. The number of nitrogens with one attached hydrogen (secondary N) is 3. The molecular formula is C20H23N7O. The van der Waals surface area contributed by atoms with E-state index >= 15 is 0 Å². The number of aryl methyl sites for hydroxylation is 1. The molecule has 0 saturated heterocycles. The molecule has 1 amide bonds. The number of anilines is 3. The number of hydrogen-bond acceptors (Lipinski definition) is 6. The van der Waals surface area contributed by atoms with Crippen molar-refractivity contribution in [2.75, 3.05) is 17.2 Å². The van der Waals surface area contributed by atoms with Gasteiger partial charge in [0.05, 0.1) is 6.54 Å². The second kappa shape index (κ2) is 7.30. The van der Waals surface area contributed by atoms with Crippen LogP contribution >= 0.6 is 0 Å². The molecule has 1 fully saturated rings. The third-order valence-electron chi connectivity index (χ3n) is 4.93. The number of nitrogens with two attached hydrogens (primary N) is 1. The van der Waals surface area contributed by atoms with Crippen molar-refractivity contribution in [3.05, 3.63) is 42.2 Å². The van der Waals surface area contributed by atoms with Gasteiger partial charge in [0.1, 0.15) is 11.4 Å². The highest BCUT2D eigenvalue weighted by molar-refractivity contribution is 6.00. The fourth-order valence-electron chi connectivity index (χ4n) is 3.21. The Hall–Kier alpha value is -3.42. The molecule has 0 bridgehead atoms. The van der Waals surface area contributed by atoms with Crippen molar-refractivity contribution in [3.8, 4) is 0 Å². The zero-order valence-electron chi connectivity index (χ0n) is 15.7. The number of aromatic nitrogens is 3. The third-order valence-corrected chi connectivity index (χ3v) is 4.93. The van der Waals surface area contributed by atoms with E-state index in [1.807, 2.05) is 42.1 Å². The largest absolute Gasteiger partial charge is 0.365 e. The van der Waals surface area contributed by atoms with Crippen molar-refractivity contribution >= 4 is 40.0 Å². The van der Waals surface area contributed by atoms with Crippen LogP contribution < -0.4 is 16.4 Å². The fourth-order valence-corrected chi connectivity index (χ4v) is 3.21. The van der Waals surface area contributed by atoms with Gasteiger partial charge in [-0.05, 0) is 43.4 Å². The number of benzene rings is 1. The van der Waals surface area contributed by atoms with Gasteiger partial charge in [0.15, 0.2) is 0 Å². The maximum Gasteiger partial charge on any atom is 0.254 e. The van der Waals surface area contributed by atoms with Crippen LogP contribution in [0.25, 0.3) is 10.9 Å². The summed E-state index contributed by atoms with van der Waals surface area (Å²) in [5.41, 5.74) is 8.24. The van der Waals surface area contributed by atoms with Gasteiger partial charge in [-0.3, -0.25) is 4.79 Å². The van der Waals surface area contributed by atoms with Crippen LogP contribution in [0.1, 0.15) is 29.6 Å². The highest BCUT2D eigenvalue weighted by Gasteiger charge is 2.22. The first kappa shape index (κ1) is 18.0. The van der Waals surface area contributed by atoms with Gasteiger partial charge in [0.25, 0.3) is 5.91 Å². The molecule has 2 aromatic heterocycles. The molecule has 0 atom stereocenters. The van der Waals surface area contributed by atoms with Gasteiger partial charge in [-0.2, -0.15) is 4.98 Å². The van der Waals surface area contributed by atoms with Gasteiger partial charge in [0, 0.05) is 41.7 Å². The first-order chi connectivity index (χ1) is 13.5. The number of hydrogen-bond donors (Lipinski definition) is 4. The molecule has 0 aliphatic heterocycles. The summed E-state index contributed by atoms with van der Waals surface area (Å²) in [6.07, 6.45) is 6.63. The van der Waals surface area contributed by atoms with Gasteiger partial charge in [-0.25, -0.2) is 4.98 Å². The summed E-state index contributed by atoms with van der Waals surface area (Å²) in [5.74, 6) is 0.759. The van der Waals surface area contributed by atoms with Crippen LogP contribution in [0.2, 0.25) is 0 Å². The molecule has 0 spiro atoms. The normalized spacial score (nSPS) is 13.5. The van der Waals surface area contributed by atoms with Crippen LogP contribution in [-0.2, 0) is 7.05 Å². The van der Waals surface area contributed by atoms with Crippen LogP contribution in [0.3, 0.4) is 0 Å². The van der Waals surface area contributed by atoms with Crippen LogP contribution in [0.4, 0.5) is 17.5 Å². The number of nitrogens with zero attached hydrogens (tertiary/aromatic N) is 3. The molecule has 1 aromatic carbocycles. The molecule has 8 heteroatoms. The van der Waals surface area contributed by atoms with Crippen molar-refractivity contribution in [1.29, 1.82) is 5.41 Å². The van der Waals surface area contributed by atoms with Crippen LogP contribution in [-0.4, -0.2) is 32.7 Å². The molecule has 1 aliphatic carbocycles. The molecular weight excluding hydrogens is 354 g/mol. The van der Waals surface area contributed by atoms with Gasteiger partial charge in [-0.1, -0.05) is 6.07 Å². The van der Waals surface area contributed by atoms with Crippen molar-refractivity contribution in [2.45, 2.75) is 19.3 Å². The van der Waals surface area contributed by atoms with E-state index in [0.717, 1.165) is 23.0 Å². The zero-order chi connectivity index (χ0) is 19.7. The lowest BCUT2D eigenvalue weighted by molar-refractivity contribution is 0.100. The van der Waals surface area contributed by atoms with E-state index in [4.69, 9.17) is 11.1 Å². The Labute approximate surface area is 162 Å². The average Bonchev–Trinajstić information content (AvgIpc) is 3.40. The van der Waals surface area contributed by atoms with E-state index in [9.17, 15) is 4.79 Å². The molecule has 5 N–H and O–H groups in total. The lowest BCUT2D eigenvalue weighted by atomic mass is 10.2. The number of rotatable bonds is 8. The molecule has 0 unspecified atom stereocenters. The van der Waals surface area contributed by atoms with Crippen LogP contribution in [0, 0.1) is 11.3 Å². The van der Waals surface area contributed by atoms with E-state index in [1.165, 1.54) is 19.0 Å². The second-order valence-corrected chi connectivity index (χ2v) is 7.21. The van der Waals surface area contributed by atoms with Crippen molar-refractivity contribution in [3.63, 3.8) is 0 Å². The zero-order valence-corrected chi connectivity index (χ0v) is 15.7. The standard InChI is InChI=1S/C20H23N7O/c1-27-8-7-14-16(3-2-4-17(14)27)25-19-15(18(22)28)11-24-20(26-19)23-10-13(21)9-12-5-6-12/h2-4,7-8,11-12,21H,5-6,9-10H2,1H3,(H2,22,28)(H2,23,24,25,26). The van der Waals surface area contributed by atoms with Crippen molar-refractivity contribution in [2.24, 2.45) is 18.7 Å². The molecule has 144 valence electrons. The van der Waals surface area contributed by atoms with E-state index in [1.54, 1.807) is 0 Å². The summed E-state index contributed by atoms with van der Waals surface area (Å²) >= 11 is 0.